The van der Waals surface area contributed by atoms with Gasteiger partial charge < -0.3 is 5.73 Å². The molecule has 1 unspecified atom stereocenters. The molecular weight excluding hydrogens is 274 g/mol. The third-order valence-electron chi connectivity index (χ3n) is 2.57. The Morgan fingerprint density at radius 2 is 2.00 bits per heavy atom. The summed E-state index contributed by atoms with van der Waals surface area (Å²) in [5, 5.41) is 0.666. The van der Waals surface area contributed by atoms with Crippen molar-refractivity contribution in [1.82, 2.24) is 4.98 Å². The summed E-state index contributed by atoms with van der Waals surface area (Å²) in [6.07, 6.45) is 2.09. The van der Waals surface area contributed by atoms with E-state index in [4.69, 9.17) is 28.9 Å². The molecule has 5 heteroatoms. The van der Waals surface area contributed by atoms with Gasteiger partial charge in [-0.1, -0.05) is 29.3 Å². The number of pyridine rings is 1. The number of nitrogens with two attached hydrogens (primary N) is 1. The lowest BCUT2D eigenvalue weighted by Crippen LogP contribution is -2.14. The average Bonchev–Trinajstić information content (AvgIpc) is 2.34. The Morgan fingerprint density at radius 1 is 1.22 bits per heavy atom. The SMILES string of the molecule is NC(Cc1ccc(F)c(Cl)c1)c1ccc(Cl)cn1. The highest BCUT2D eigenvalue weighted by Gasteiger charge is 2.10. The monoisotopic (exact) mass is 284 g/mol. The largest absolute Gasteiger partial charge is 0.322 e. The lowest BCUT2D eigenvalue weighted by molar-refractivity contribution is 0.625. The number of benzene rings is 1. The first-order chi connectivity index (χ1) is 8.56. The third kappa shape index (κ3) is 3.19. The standard InChI is InChI=1S/C13H11Cl2FN2/c14-9-2-4-13(18-7-9)12(17)6-8-1-3-11(16)10(15)5-8/h1-5,7,12H,6,17H2. The van der Waals surface area contributed by atoms with Gasteiger partial charge in [-0.05, 0) is 36.2 Å². The van der Waals surface area contributed by atoms with Crippen molar-refractivity contribution >= 4 is 23.2 Å². The smallest absolute Gasteiger partial charge is 0.141 e. The minimum atomic E-state index is -0.432. The summed E-state index contributed by atoms with van der Waals surface area (Å²) in [6, 6.07) is 7.81. The molecule has 0 spiro atoms. The summed E-state index contributed by atoms with van der Waals surface area (Å²) in [7, 11) is 0. The maximum absolute atomic E-state index is 13.0. The molecule has 0 fully saturated rings. The maximum atomic E-state index is 13.0. The highest BCUT2D eigenvalue weighted by Crippen LogP contribution is 2.20. The molecule has 0 aliphatic rings. The fourth-order valence-corrected chi connectivity index (χ4v) is 1.95. The number of aromatic nitrogens is 1. The fraction of sp³-hybridized carbons (Fsp3) is 0.154. The van der Waals surface area contributed by atoms with E-state index >= 15 is 0 Å². The van der Waals surface area contributed by atoms with Crippen LogP contribution in [0.3, 0.4) is 0 Å². The van der Waals surface area contributed by atoms with Gasteiger partial charge in [-0.15, -0.1) is 0 Å². The summed E-state index contributed by atoms with van der Waals surface area (Å²) in [5.41, 5.74) is 7.63. The van der Waals surface area contributed by atoms with Gasteiger partial charge in [-0.25, -0.2) is 4.39 Å². The molecule has 1 atom stereocenters. The van der Waals surface area contributed by atoms with Gasteiger partial charge in [0.1, 0.15) is 5.82 Å². The Kier molecular flexibility index (Phi) is 4.17. The molecule has 0 bridgehead atoms. The average molecular weight is 285 g/mol. The van der Waals surface area contributed by atoms with Crippen molar-refractivity contribution in [3.8, 4) is 0 Å². The molecule has 0 aliphatic heterocycles. The van der Waals surface area contributed by atoms with Gasteiger partial charge in [0, 0.05) is 6.20 Å². The Bertz CT molecular complexity index is 543. The molecule has 0 radical (unpaired) electrons. The van der Waals surface area contributed by atoms with Gasteiger partial charge in [0.15, 0.2) is 0 Å². The Morgan fingerprint density at radius 3 is 2.61 bits per heavy atom. The van der Waals surface area contributed by atoms with Crippen LogP contribution in [-0.4, -0.2) is 4.98 Å². The minimum absolute atomic E-state index is 0.101. The van der Waals surface area contributed by atoms with Crippen LogP contribution in [0.4, 0.5) is 4.39 Å². The molecule has 2 aromatic rings. The van der Waals surface area contributed by atoms with E-state index in [1.54, 1.807) is 30.5 Å². The fourth-order valence-electron chi connectivity index (χ4n) is 1.63. The van der Waals surface area contributed by atoms with Crippen LogP contribution < -0.4 is 5.73 Å². The van der Waals surface area contributed by atoms with Crippen LogP contribution in [0.15, 0.2) is 36.5 Å². The predicted molar refractivity (Wildman–Crippen MR) is 71.3 cm³/mol. The number of hydrogen-bond donors (Lipinski definition) is 1. The molecule has 2 nitrogen and oxygen atoms in total. The van der Waals surface area contributed by atoms with Crippen LogP contribution in [0, 0.1) is 5.82 Å². The first-order valence-electron chi connectivity index (χ1n) is 5.37. The van der Waals surface area contributed by atoms with E-state index in [2.05, 4.69) is 4.98 Å². The first-order valence-corrected chi connectivity index (χ1v) is 6.13. The lowest BCUT2D eigenvalue weighted by Gasteiger charge is -2.11. The van der Waals surface area contributed by atoms with Crippen LogP contribution in [0.2, 0.25) is 10.0 Å². The van der Waals surface area contributed by atoms with Crippen molar-refractivity contribution in [1.29, 1.82) is 0 Å². The van der Waals surface area contributed by atoms with Crippen LogP contribution in [-0.2, 0) is 6.42 Å². The summed E-state index contributed by atoms with van der Waals surface area (Å²) in [5.74, 6) is -0.432. The summed E-state index contributed by atoms with van der Waals surface area (Å²) in [4.78, 5) is 4.15. The van der Waals surface area contributed by atoms with Crippen LogP contribution >= 0.6 is 23.2 Å². The van der Waals surface area contributed by atoms with E-state index in [1.165, 1.54) is 6.07 Å². The molecule has 2 rings (SSSR count). The highest BCUT2D eigenvalue weighted by molar-refractivity contribution is 6.30. The summed E-state index contributed by atoms with van der Waals surface area (Å²) in [6.45, 7) is 0. The van der Waals surface area contributed by atoms with Crippen molar-refractivity contribution in [3.63, 3.8) is 0 Å². The van der Waals surface area contributed by atoms with Crippen molar-refractivity contribution in [2.45, 2.75) is 12.5 Å². The molecule has 0 amide bonds. The topological polar surface area (TPSA) is 38.9 Å². The molecule has 0 saturated heterocycles. The number of halogens is 3. The quantitative estimate of drug-likeness (QED) is 0.932. The number of rotatable bonds is 3. The van der Waals surface area contributed by atoms with Crippen molar-refractivity contribution in [2.75, 3.05) is 0 Å². The normalized spacial score (nSPS) is 12.4. The summed E-state index contributed by atoms with van der Waals surface area (Å²) < 4.78 is 13.0. The zero-order valence-electron chi connectivity index (χ0n) is 9.41. The van der Waals surface area contributed by atoms with Crippen LogP contribution in [0.25, 0.3) is 0 Å². The van der Waals surface area contributed by atoms with E-state index in [9.17, 15) is 4.39 Å². The summed E-state index contributed by atoms with van der Waals surface area (Å²) >= 11 is 11.5. The second-order valence-corrected chi connectivity index (χ2v) is 4.80. The molecule has 0 aliphatic carbocycles. The molecule has 1 aromatic carbocycles. The molecule has 94 valence electrons. The Hall–Kier alpha value is -1.16. The maximum Gasteiger partial charge on any atom is 0.141 e. The first kappa shape index (κ1) is 13.3. The van der Waals surface area contributed by atoms with Gasteiger partial charge in [0.2, 0.25) is 0 Å². The molecule has 1 heterocycles. The highest BCUT2D eigenvalue weighted by atomic mass is 35.5. The van der Waals surface area contributed by atoms with E-state index in [0.29, 0.717) is 11.4 Å². The lowest BCUT2D eigenvalue weighted by atomic mass is 10.0. The Balaban J connectivity index is 2.13. The van der Waals surface area contributed by atoms with Crippen molar-refractivity contribution in [3.05, 3.63) is 63.6 Å². The van der Waals surface area contributed by atoms with Gasteiger partial charge in [0.05, 0.1) is 21.8 Å². The molecular formula is C13H11Cl2FN2. The molecule has 18 heavy (non-hydrogen) atoms. The van der Waals surface area contributed by atoms with Gasteiger partial charge in [-0.2, -0.15) is 0 Å². The van der Waals surface area contributed by atoms with Gasteiger partial charge in [-0.3, -0.25) is 4.98 Å². The van der Waals surface area contributed by atoms with Crippen molar-refractivity contribution < 1.29 is 4.39 Å². The van der Waals surface area contributed by atoms with Gasteiger partial charge in [0.25, 0.3) is 0 Å². The second-order valence-electron chi connectivity index (χ2n) is 3.96. The Labute approximate surface area is 115 Å². The molecule has 2 N–H and O–H groups in total. The van der Waals surface area contributed by atoms with Crippen molar-refractivity contribution in [2.24, 2.45) is 5.73 Å². The van der Waals surface area contributed by atoms with E-state index in [0.717, 1.165) is 11.3 Å². The minimum Gasteiger partial charge on any atom is -0.322 e. The third-order valence-corrected chi connectivity index (χ3v) is 3.08. The predicted octanol–water partition coefficient (Wildman–Crippen LogP) is 3.77. The number of hydrogen-bond acceptors (Lipinski definition) is 2. The van der Waals surface area contributed by atoms with Crippen LogP contribution in [0.5, 0.6) is 0 Å². The van der Waals surface area contributed by atoms with Gasteiger partial charge >= 0.3 is 0 Å². The van der Waals surface area contributed by atoms with E-state index in [1.807, 2.05) is 0 Å². The molecule has 1 aromatic heterocycles. The zero-order valence-corrected chi connectivity index (χ0v) is 10.9. The van der Waals surface area contributed by atoms with E-state index in [-0.39, 0.29) is 11.1 Å². The zero-order chi connectivity index (χ0) is 13.1. The molecule has 0 saturated carbocycles. The van der Waals surface area contributed by atoms with E-state index < -0.39 is 5.82 Å². The van der Waals surface area contributed by atoms with Crippen LogP contribution in [0.1, 0.15) is 17.3 Å². The second kappa shape index (κ2) is 5.65. The number of nitrogens with zero attached hydrogens (tertiary/aromatic N) is 1.